The van der Waals surface area contributed by atoms with Crippen LogP contribution in [0, 0.1) is 11.8 Å². The lowest BCUT2D eigenvalue weighted by Crippen LogP contribution is -2.57. The number of ether oxygens (including phenoxy) is 2. The molecule has 238 valence electrons. The Morgan fingerprint density at radius 1 is 1.09 bits per heavy atom. The second kappa shape index (κ2) is 13.6. The van der Waals surface area contributed by atoms with Crippen molar-refractivity contribution in [2.24, 2.45) is 11.8 Å². The Morgan fingerprint density at radius 3 is 2.59 bits per heavy atom. The van der Waals surface area contributed by atoms with Crippen molar-refractivity contribution in [1.29, 1.82) is 0 Å². The lowest BCUT2D eigenvalue weighted by molar-refractivity contribution is -0.161. The zero-order valence-electron chi connectivity index (χ0n) is 25.9. The Kier molecular flexibility index (Phi) is 9.90. The molecule has 3 amide bonds. The van der Waals surface area contributed by atoms with Crippen LogP contribution in [0.1, 0.15) is 71.0 Å². The number of nitrogens with zero attached hydrogens (tertiary/aromatic N) is 2. The first-order chi connectivity index (χ1) is 21.2. The summed E-state index contributed by atoms with van der Waals surface area (Å²) in [5, 5.41) is 12.4. The number of benzene rings is 1. The van der Waals surface area contributed by atoms with E-state index in [2.05, 4.69) is 12.2 Å². The fraction of sp³-hybridized carbons (Fsp3) is 0.588. The Hall–Kier alpha value is -3.50. The average molecular weight is 608 g/mol. The van der Waals surface area contributed by atoms with Crippen LogP contribution in [-0.4, -0.2) is 88.1 Å². The van der Waals surface area contributed by atoms with Gasteiger partial charge in [-0.15, -0.1) is 0 Å². The molecule has 0 saturated carbocycles. The molecule has 4 heterocycles. The lowest BCUT2D eigenvalue weighted by Gasteiger charge is -2.38. The molecule has 0 aliphatic carbocycles. The highest BCUT2D eigenvalue weighted by Crippen LogP contribution is 2.56. The van der Waals surface area contributed by atoms with E-state index in [9.17, 15) is 24.3 Å². The Labute approximate surface area is 259 Å². The Morgan fingerprint density at radius 2 is 1.86 bits per heavy atom. The van der Waals surface area contributed by atoms with Gasteiger partial charge in [0.1, 0.15) is 23.7 Å². The summed E-state index contributed by atoms with van der Waals surface area (Å²) >= 11 is 0. The van der Waals surface area contributed by atoms with Crippen LogP contribution in [0.4, 0.5) is 0 Å². The second-order valence-electron chi connectivity index (χ2n) is 12.4. The van der Waals surface area contributed by atoms with Gasteiger partial charge in [0, 0.05) is 32.2 Å². The number of aliphatic hydroxyl groups excluding tert-OH is 1. The minimum absolute atomic E-state index is 0.0251. The molecule has 2 N–H and O–H groups in total. The summed E-state index contributed by atoms with van der Waals surface area (Å²) in [6.45, 7) is 6.43. The van der Waals surface area contributed by atoms with E-state index < -0.39 is 47.7 Å². The van der Waals surface area contributed by atoms with Crippen LogP contribution in [0.2, 0.25) is 0 Å². The Bertz CT molecular complexity index is 1280. The molecule has 2 fully saturated rings. The van der Waals surface area contributed by atoms with Crippen LogP contribution in [0.5, 0.6) is 0 Å². The van der Waals surface area contributed by atoms with E-state index in [-0.39, 0.29) is 43.3 Å². The van der Waals surface area contributed by atoms with Crippen molar-refractivity contribution in [3.05, 3.63) is 60.2 Å². The standard InChI is InChI=1S/C34H45N3O7/c1-4-13-22(2)36-19-10-6-9-16-26(39)35-23(3)29(24-14-7-5-8-15-24)43-33(42)27-25-17-18-34(44-25)28(27)31(40)37(20-11-12-21-38)30(34)32(36)41/h5-8,10,14-15,17-18,22-23,25,27-30,38H,4,9,11-13,16,19-21H2,1-3H3,(H,35,39)/b10-6-/t22?,23-,25+,27-,28-,29+,30+,34-/m0/s1. The number of carbonyl (C=O) groups is 4. The fourth-order valence-corrected chi connectivity index (χ4v) is 7.30. The maximum absolute atomic E-state index is 14.6. The van der Waals surface area contributed by atoms with Crippen molar-refractivity contribution in [1.82, 2.24) is 15.1 Å². The largest absolute Gasteiger partial charge is 0.455 e. The van der Waals surface area contributed by atoms with Gasteiger partial charge >= 0.3 is 5.97 Å². The molecule has 1 spiro atoms. The number of amides is 3. The van der Waals surface area contributed by atoms with Crippen molar-refractivity contribution < 1.29 is 33.8 Å². The van der Waals surface area contributed by atoms with Crippen molar-refractivity contribution in [2.45, 2.75) is 95.2 Å². The maximum Gasteiger partial charge on any atom is 0.313 e. The number of hydrogen-bond donors (Lipinski definition) is 2. The third-order valence-corrected chi connectivity index (χ3v) is 9.43. The molecule has 1 aromatic carbocycles. The number of aliphatic hydroxyl groups is 1. The minimum atomic E-state index is -1.30. The zero-order chi connectivity index (χ0) is 31.4. The van der Waals surface area contributed by atoms with E-state index in [0.717, 1.165) is 18.4 Å². The summed E-state index contributed by atoms with van der Waals surface area (Å²) in [7, 11) is 0. The molecule has 4 aliphatic heterocycles. The van der Waals surface area contributed by atoms with E-state index in [4.69, 9.17) is 9.47 Å². The smallest absolute Gasteiger partial charge is 0.313 e. The van der Waals surface area contributed by atoms with Crippen LogP contribution in [0.3, 0.4) is 0 Å². The predicted molar refractivity (Wildman–Crippen MR) is 163 cm³/mol. The van der Waals surface area contributed by atoms with E-state index in [1.165, 1.54) is 0 Å². The number of fused-ring (bicyclic) bond motifs is 2. The van der Waals surface area contributed by atoms with Gasteiger partial charge in [0.05, 0.1) is 18.1 Å². The molecule has 8 atom stereocenters. The summed E-state index contributed by atoms with van der Waals surface area (Å²) in [5.41, 5.74) is -0.580. The number of rotatable bonds is 8. The van der Waals surface area contributed by atoms with Gasteiger partial charge in [0.2, 0.25) is 17.7 Å². The SMILES string of the molecule is CCCC(C)N1C/C=C\CCC(=O)N[C@@H](C)[C@H](c2ccccc2)OC(=O)[C@@H]2[C@H]3C(=O)N(CCCCO)[C@H](C1=O)[C@]31C=C[C@H]2O1. The number of likely N-dealkylation sites (tertiary alicyclic amines) is 1. The average Bonchev–Trinajstić information content (AvgIpc) is 3.65. The molecule has 5 rings (SSSR count). The molecule has 4 aliphatic rings. The minimum Gasteiger partial charge on any atom is -0.455 e. The number of cyclic esters (lactones) is 1. The van der Waals surface area contributed by atoms with Crippen molar-refractivity contribution in [3.8, 4) is 0 Å². The summed E-state index contributed by atoms with van der Waals surface area (Å²) in [5.74, 6) is -3.19. The highest BCUT2D eigenvalue weighted by Gasteiger charge is 2.73. The van der Waals surface area contributed by atoms with Gasteiger partial charge in [0.15, 0.2) is 0 Å². The number of allylic oxidation sites excluding steroid dienone is 1. The zero-order valence-corrected chi connectivity index (χ0v) is 25.9. The first-order valence-corrected chi connectivity index (χ1v) is 16.0. The molecule has 10 heteroatoms. The summed E-state index contributed by atoms with van der Waals surface area (Å²) < 4.78 is 12.7. The highest BCUT2D eigenvalue weighted by atomic mass is 16.6. The molecule has 1 unspecified atom stereocenters. The number of esters is 1. The quantitative estimate of drug-likeness (QED) is 0.264. The van der Waals surface area contributed by atoms with E-state index in [0.29, 0.717) is 25.8 Å². The van der Waals surface area contributed by atoms with Crippen LogP contribution < -0.4 is 5.32 Å². The van der Waals surface area contributed by atoms with Gasteiger partial charge in [-0.3, -0.25) is 19.2 Å². The second-order valence-corrected chi connectivity index (χ2v) is 12.4. The molecular formula is C34H45N3O7. The van der Waals surface area contributed by atoms with Crippen LogP contribution in [0.15, 0.2) is 54.6 Å². The molecule has 0 radical (unpaired) electrons. The fourth-order valence-electron chi connectivity index (χ4n) is 7.30. The summed E-state index contributed by atoms with van der Waals surface area (Å²) in [4.78, 5) is 59.2. The number of unbranched alkanes of at least 4 members (excludes halogenated alkanes) is 1. The van der Waals surface area contributed by atoms with Crippen LogP contribution in [0.25, 0.3) is 0 Å². The number of carbonyl (C=O) groups excluding carboxylic acids is 4. The van der Waals surface area contributed by atoms with Crippen molar-refractivity contribution in [2.75, 3.05) is 19.7 Å². The topological polar surface area (TPSA) is 125 Å². The first-order valence-electron chi connectivity index (χ1n) is 16.0. The number of hydrogen-bond acceptors (Lipinski definition) is 7. The third kappa shape index (κ3) is 5.94. The maximum atomic E-state index is 14.6. The third-order valence-electron chi connectivity index (χ3n) is 9.43. The highest BCUT2D eigenvalue weighted by molar-refractivity contribution is 5.99. The molecular weight excluding hydrogens is 562 g/mol. The van der Waals surface area contributed by atoms with Gasteiger partial charge < -0.3 is 29.7 Å². The van der Waals surface area contributed by atoms with Gasteiger partial charge in [-0.25, -0.2) is 0 Å². The van der Waals surface area contributed by atoms with Crippen molar-refractivity contribution in [3.63, 3.8) is 0 Å². The van der Waals surface area contributed by atoms with E-state index in [1.807, 2.05) is 55.5 Å². The first kappa shape index (κ1) is 31.9. The predicted octanol–water partition coefficient (Wildman–Crippen LogP) is 3.07. The van der Waals surface area contributed by atoms with Gasteiger partial charge in [0.25, 0.3) is 0 Å². The van der Waals surface area contributed by atoms with Gasteiger partial charge in [-0.05, 0) is 45.1 Å². The molecule has 2 saturated heterocycles. The molecule has 0 aromatic heterocycles. The lowest BCUT2D eigenvalue weighted by atomic mass is 9.74. The van der Waals surface area contributed by atoms with Crippen LogP contribution in [-0.2, 0) is 28.7 Å². The van der Waals surface area contributed by atoms with Gasteiger partial charge in [-0.1, -0.05) is 68.0 Å². The van der Waals surface area contributed by atoms with E-state index in [1.54, 1.807) is 22.8 Å². The van der Waals surface area contributed by atoms with E-state index >= 15 is 0 Å². The molecule has 10 nitrogen and oxygen atoms in total. The van der Waals surface area contributed by atoms with Crippen molar-refractivity contribution >= 4 is 23.7 Å². The van der Waals surface area contributed by atoms with Crippen LogP contribution >= 0.6 is 0 Å². The number of nitrogens with one attached hydrogen (secondary N) is 1. The molecule has 1 aromatic rings. The Balaban J connectivity index is 1.57. The molecule has 44 heavy (non-hydrogen) atoms. The molecule has 5 bridgehead atoms. The van der Waals surface area contributed by atoms with Gasteiger partial charge in [-0.2, -0.15) is 0 Å². The normalized spacial score (nSPS) is 33.7. The summed E-state index contributed by atoms with van der Waals surface area (Å²) in [6.07, 6.45) is 9.26. The summed E-state index contributed by atoms with van der Waals surface area (Å²) in [6, 6.07) is 7.64. The monoisotopic (exact) mass is 607 g/mol.